The van der Waals surface area contributed by atoms with Crippen LogP contribution in [0.2, 0.25) is 0 Å². The molecule has 0 aliphatic rings. The molecule has 0 saturated heterocycles. The molecule has 80 valence electrons. The number of anilines is 1. The van der Waals surface area contributed by atoms with Crippen molar-refractivity contribution in [3.63, 3.8) is 0 Å². The fraction of sp³-hybridized carbons (Fsp3) is 0.273. The summed E-state index contributed by atoms with van der Waals surface area (Å²) in [6, 6.07) is 1.76. The zero-order chi connectivity index (χ0) is 11.3. The Bertz CT molecular complexity index is 386. The molecule has 0 unspecified atom stereocenters. The Morgan fingerprint density at radius 3 is 3.07 bits per heavy atom. The highest BCUT2D eigenvalue weighted by Crippen LogP contribution is 2.11. The summed E-state index contributed by atoms with van der Waals surface area (Å²) in [6.07, 6.45) is 4.60. The van der Waals surface area contributed by atoms with Crippen LogP contribution in [0.25, 0.3) is 6.08 Å². The van der Waals surface area contributed by atoms with Crippen LogP contribution in [0.15, 0.2) is 18.3 Å². The number of hydrogen-bond donors (Lipinski definition) is 1. The smallest absolute Gasteiger partial charge is 0.330 e. The molecule has 0 amide bonds. The molecule has 4 heteroatoms. The maximum atomic E-state index is 11.1. The molecule has 1 heterocycles. The van der Waals surface area contributed by atoms with E-state index < -0.39 is 0 Å². The van der Waals surface area contributed by atoms with Crippen molar-refractivity contribution >= 4 is 17.7 Å². The van der Waals surface area contributed by atoms with Crippen molar-refractivity contribution in [1.29, 1.82) is 0 Å². The summed E-state index contributed by atoms with van der Waals surface area (Å²) in [4.78, 5) is 15.1. The van der Waals surface area contributed by atoms with E-state index in [0.717, 1.165) is 11.3 Å². The Morgan fingerprint density at radius 1 is 1.67 bits per heavy atom. The number of aromatic nitrogens is 1. The van der Waals surface area contributed by atoms with Gasteiger partial charge < -0.3 is 10.5 Å². The van der Waals surface area contributed by atoms with Gasteiger partial charge in [0, 0.05) is 11.8 Å². The van der Waals surface area contributed by atoms with Gasteiger partial charge in [-0.15, -0.1) is 0 Å². The van der Waals surface area contributed by atoms with Gasteiger partial charge in [0.05, 0.1) is 18.5 Å². The number of esters is 1. The van der Waals surface area contributed by atoms with Crippen LogP contribution in [0, 0.1) is 6.92 Å². The van der Waals surface area contributed by atoms with Gasteiger partial charge in [0.25, 0.3) is 0 Å². The number of nitrogens with zero attached hydrogens (tertiary/aromatic N) is 1. The topological polar surface area (TPSA) is 65.2 Å². The molecule has 0 radical (unpaired) electrons. The van der Waals surface area contributed by atoms with E-state index in [4.69, 9.17) is 10.5 Å². The predicted octanol–water partition coefficient (Wildman–Crippen LogP) is 1.55. The molecule has 0 atom stereocenters. The molecule has 0 aliphatic carbocycles. The normalized spacial score (nSPS) is 10.5. The number of nitrogen functional groups attached to an aromatic ring is 1. The number of carbonyl (C=O) groups excluding carboxylic acids is 1. The second-order valence-corrected chi connectivity index (χ2v) is 3.03. The first-order valence-corrected chi connectivity index (χ1v) is 4.70. The van der Waals surface area contributed by atoms with Crippen LogP contribution in [-0.2, 0) is 9.53 Å². The lowest BCUT2D eigenvalue weighted by Gasteiger charge is -2.00. The van der Waals surface area contributed by atoms with Crippen LogP contribution in [0.4, 0.5) is 5.69 Å². The highest BCUT2D eigenvalue weighted by Gasteiger charge is 1.98. The highest BCUT2D eigenvalue weighted by molar-refractivity contribution is 5.87. The van der Waals surface area contributed by atoms with E-state index in [9.17, 15) is 4.79 Å². The van der Waals surface area contributed by atoms with Crippen LogP contribution in [-0.4, -0.2) is 17.6 Å². The Hall–Kier alpha value is -1.84. The van der Waals surface area contributed by atoms with Gasteiger partial charge in [-0.2, -0.15) is 0 Å². The Kier molecular flexibility index (Phi) is 3.85. The van der Waals surface area contributed by atoms with E-state index in [1.807, 2.05) is 6.92 Å². The zero-order valence-electron chi connectivity index (χ0n) is 8.86. The monoisotopic (exact) mass is 206 g/mol. The molecule has 0 aromatic carbocycles. The number of ether oxygens (including phenoxy) is 1. The molecule has 1 aromatic heterocycles. The molecule has 15 heavy (non-hydrogen) atoms. The lowest BCUT2D eigenvalue weighted by atomic mass is 10.2. The molecule has 2 N–H and O–H groups in total. The quantitative estimate of drug-likeness (QED) is 0.602. The predicted molar refractivity (Wildman–Crippen MR) is 59.1 cm³/mol. The third-order valence-electron chi connectivity index (χ3n) is 1.83. The molecule has 0 bridgehead atoms. The van der Waals surface area contributed by atoms with Crippen LogP contribution < -0.4 is 5.73 Å². The highest BCUT2D eigenvalue weighted by atomic mass is 16.5. The minimum absolute atomic E-state index is 0.362. The van der Waals surface area contributed by atoms with Crippen molar-refractivity contribution in [1.82, 2.24) is 4.98 Å². The van der Waals surface area contributed by atoms with Crippen LogP contribution in [0.5, 0.6) is 0 Å². The number of carbonyl (C=O) groups is 1. The van der Waals surface area contributed by atoms with Crippen molar-refractivity contribution in [3.8, 4) is 0 Å². The summed E-state index contributed by atoms with van der Waals surface area (Å²) in [6.45, 7) is 3.99. The maximum absolute atomic E-state index is 11.1. The summed E-state index contributed by atoms with van der Waals surface area (Å²) in [5.41, 5.74) is 7.80. The average molecular weight is 206 g/mol. The first kappa shape index (κ1) is 11.2. The number of rotatable bonds is 3. The number of aryl methyl sites for hydroxylation is 1. The van der Waals surface area contributed by atoms with E-state index >= 15 is 0 Å². The second kappa shape index (κ2) is 5.14. The van der Waals surface area contributed by atoms with Gasteiger partial charge in [0.1, 0.15) is 0 Å². The fourth-order valence-corrected chi connectivity index (χ4v) is 1.08. The molecule has 0 spiro atoms. The van der Waals surface area contributed by atoms with Gasteiger partial charge in [-0.25, -0.2) is 4.79 Å². The Morgan fingerprint density at radius 2 is 2.40 bits per heavy atom. The summed E-state index contributed by atoms with van der Waals surface area (Å²) < 4.78 is 4.76. The van der Waals surface area contributed by atoms with Crippen molar-refractivity contribution in [2.45, 2.75) is 13.8 Å². The standard InChI is InChI=1S/C11H14N2O2/c1-3-15-11(14)5-4-9-6-10(12)7-13-8(9)2/h4-7H,3,12H2,1-2H3. The minimum atomic E-state index is -0.362. The molecule has 1 aromatic rings. The molecule has 0 aliphatic heterocycles. The van der Waals surface area contributed by atoms with Crippen molar-refractivity contribution in [2.24, 2.45) is 0 Å². The van der Waals surface area contributed by atoms with E-state index in [2.05, 4.69) is 4.98 Å². The Balaban J connectivity index is 2.79. The van der Waals surface area contributed by atoms with Gasteiger partial charge in [-0.05, 0) is 31.6 Å². The third-order valence-corrected chi connectivity index (χ3v) is 1.83. The van der Waals surface area contributed by atoms with Crippen molar-refractivity contribution < 1.29 is 9.53 Å². The van der Waals surface area contributed by atoms with E-state index in [-0.39, 0.29) is 5.97 Å². The molecule has 1 rings (SSSR count). The minimum Gasteiger partial charge on any atom is -0.463 e. The van der Waals surface area contributed by atoms with Crippen LogP contribution >= 0.6 is 0 Å². The van der Waals surface area contributed by atoms with Gasteiger partial charge >= 0.3 is 5.97 Å². The summed E-state index contributed by atoms with van der Waals surface area (Å²) in [5.74, 6) is -0.362. The third kappa shape index (κ3) is 3.42. The van der Waals surface area contributed by atoms with Gasteiger partial charge in [-0.1, -0.05) is 0 Å². The SMILES string of the molecule is CCOC(=O)C=Cc1cc(N)cnc1C. The van der Waals surface area contributed by atoms with Crippen molar-refractivity contribution in [3.05, 3.63) is 29.6 Å². The molecule has 0 saturated carbocycles. The lowest BCUT2D eigenvalue weighted by Crippen LogP contribution is -1.99. The summed E-state index contributed by atoms with van der Waals surface area (Å²) >= 11 is 0. The maximum Gasteiger partial charge on any atom is 0.330 e. The van der Waals surface area contributed by atoms with Gasteiger partial charge in [0.15, 0.2) is 0 Å². The number of pyridine rings is 1. The molecular weight excluding hydrogens is 192 g/mol. The van der Waals surface area contributed by atoms with Crippen LogP contribution in [0.1, 0.15) is 18.2 Å². The fourth-order valence-electron chi connectivity index (χ4n) is 1.08. The van der Waals surface area contributed by atoms with E-state index in [0.29, 0.717) is 12.3 Å². The van der Waals surface area contributed by atoms with Gasteiger partial charge in [-0.3, -0.25) is 4.98 Å². The van der Waals surface area contributed by atoms with E-state index in [1.165, 1.54) is 6.08 Å². The van der Waals surface area contributed by atoms with Crippen molar-refractivity contribution in [2.75, 3.05) is 12.3 Å². The first-order valence-electron chi connectivity index (χ1n) is 4.70. The summed E-state index contributed by atoms with van der Waals surface area (Å²) in [5, 5.41) is 0. The average Bonchev–Trinajstić information content (AvgIpc) is 2.20. The first-order chi connectivity index (χ1) is 7.13. The number of hydrogen-bond acceptors (Lipinski definition) is 4. The largest absolute Gasteiger partial charge is 0.463 e. The molecule has 4 nitrogen and oxygen atoms in total. The molecular formula is C11H14N2O2. The van der Waals surface area contributed by atoms with Gasteiger partial charge in [0.2, 0.25) is 0 Å². The molecule has 0 fully saturated rings. The van der Waals surface area contributed by atoms with Crippen LogP contribution in [0.3, 0.4) is 0 Å². The Labute approximate surface area is 88.8 Å². The lowest BCUT2D eigenvalue weighted by molar-refractivity contribution is -0.137. The van der Waals surface area contributed by atoms with E-state index in [1.54, 1.807) is 25.3 Å². The summed E-state index contributed by atoms with van der Waals surface area (Å²) in [7, 11) is 0. The second-order valence-electron chi connectivity index (χ2n) is 3.03. The zero-order valence-corrected chi connectivity index (χ0v) is 8.86. The number of nitrogens with two attached hydrogens (primary N) is 1.